The van der Waals surface area contributed by atoms with Gasteiger partial charge in [0.2, 0.25) is 0 Å². The summed E-state index contributed by atoms with van der Waals surface area (Å²) in [7, 11) is 0. The average molecular weight is 351 g/mol. The van der Waals surface area contributed by atoms with Crippen molar-refractivity contribution in [1.29, 1.82) is 0 Å². The Morgan fingerprint density at radius 3 is 2.00 bits per heavy atom. The third kappa shape index (κ3) is 4.71. The molecule has 24 heavy (non-hydrogen) atoms. The molecule has 0 bridgehead atoms. The van der Waals surface area contributed by atoms with Crippen LogP contribution in [0.15, 0.2) is 36.4 Å². The zero-order valence-corrected chi connectivity index (χ0v) is 11.9. The van der Waals surface area contributed by atoms with Crippen LogP contribution in [-0.2, 0) is 6.54 Å². The van der Waals surface area contributed by atoms with Gasteiger partial charge in [0.15, 0.2) is 11.5 Å². The molecule has 0 spiro atoms. The van der Waals surface area contributed by atoms with E-state index in [1.165, 1.54) is 12.1 Å². The number of nitrogens with one attached hydrogen (secondary N) is 1. The molecule has 0 heterocycles. The summed E-state index contributed by atoms with van der Waals surface area (Å²) in [6.07, 6.45) is 0. The molecule has 9 heteroatoms. The van der Waals surface area contributed by atoms with Crippen LogP contribution in [-0.4, -0.2) is 13.2 Å². The van der Waals surface area contributed by atoms with Gasteiger partial charge in [-0.3, -0.25) is 0 Å². The molecule has 130 valence electrons. The predicted octanol–water partition coefficient (Wildman–Crippen LogP) is 4.78. The van der Waals surface area contributed by atoms with Crippen molar-refractivity contribution in [3.05, 3.63) is 53.6 Å². The minimum Gasteiger partial charge on any atom is -0.431 e. The molecule has 0 saturated heterocycles. The predicted molar refractivity (Wildman–Crippen MR) is 73.4 cm³/mol. The largest absolute Gasteiger partial charge is 0.431 e. The maximum absolute atomic E-state index is 13.5. The Morgan fingerprint density at radius 2 is 1.42 bits per heavy atom. The van der Waals surface area contributed by atoms with Crippen molar-refractivity contribution in [1.82, 2.24) is 0 Å². The number of ether oxygens (including phenoxy) is 2. The number of hydrogen-bond acceptors (Lipinski definition) is 3. The van der Waals surface area contributed by atoms with Crippen molar-refractivity contribution < 1.29 is 35.8 Å². The Hall–Kier alpha value is -2.58. The van der Waals surface area contributed by atoms with Crippen LogP contribution in [0, 0.1) is 11.6 Å². The van der Waals surface area contributed by atoms with E-state index in [9.17, 15) is 26.3 Å². The Bertz CT molecular complexity index is 675. The van der Waals surface area contributed by atoms with Crippen LogP contribution in [0.1, 0.15) is 5.56 Å². The number of alkyl halides is 4. The fraction of sp³-hybridized carbons (Fsp3) is 0.200. The highest BCUT2D eigenvalue weighted by Crippen LogP contribution is 2.33. The second-order valence-corrected chi connectivity index (χ2v) is 4.47. The summed E-state index contributed by atoms with van der Waals surface area (Å²) in [5.74, 6) is -2.80. The Kier molecular flexibility index (Phi) is 5.78. The van der Waals surface area contributed by atoms with E-state index >= 15 is 0 Å². The van der Waals surface area contributed by atoms with Crippen LogP contribution >= 0.6 is 0 Å². The standard InChI is InChI=1S/C15H11F6NO2/c16-10-2-1-3-11(17)9(10)7-22-8-4-5-12(23-14(18)19)13(6-8)24-15(20)21/h1-6,14-15,22H,7H2. The summed E-state index contributed by atoms with van der Waals surface area (Å²) < 4.78 is 84.3. The molecule has 0 saturated carbocycles. The van der Waals surface area contributed by atoms with Crippen LogP contribution in [0.5, 0.6) is 11.5 Å². The van der Waals surface area contributed by atoms with Gasteiger partial charge in [0.25, 0.3) is 0 Å². The van der Waals surface area contributed by atoms with Gasteiger partial charge in [-0.15, -0.1) is 0 Å². The molecule has 0 atom stereocenters. The monoisotopic (exact) mass is 351 g/mol. The van der Waals surface area contributed by atoms with E-state index in [0.29, 0.717) is 0 Å². The molecule has 0 aliphatic rings. The molecule has 0 radical (unpaired) electrons. The molecular formula is C15H11F6NO2. The molecule has 0 aliphatic heterocycles. The van der Waals surface area contributed by atoms with E-state index in [0.717, 1.165) is 24.3 Å². The Morgan fingerprint density at radius 1 is 0.833 bits per heavy atom. The van der Waals surface area contributed by atoms with E-state index in [4.69, 9.17) is 0 Å². The summed E-state index contributed by atoms with van der Waals surface area (Å²) in [4.78, 5) is 0. The molecule has 2 aromatic carbocycles. The van der Waals surface area contributed by atoms with Gasteiger partial charge in [0.05, 0.1) is 0 Å². The topological polar surface area (TPSA) is 30.5 Å². The third-order valence-electron chi connectivity index (χ3n) is 2.91. The minimum atomic E-state index is -3.26. The van der Waals surface area contributed by atoms with E-state index in [2.05, 4.69) is 14.8 Å². The average Bonchev–Trinajstić information content (AvgIpc) is 2.48. The van der Waals surface area contributed by atoms with Gasteiger partial charge in [-0.05, 0) is 24.3 Å². The van der Waals surface area contributed by atoms with Crippen molar-refractivity contribution >= 4 is 5.69 Å². The van der Waals surface area contributed by atoms with E-state index < -0.39 is 36.4 Å². The number of anilines is 1. The molecule has 2 rings (SSSR count). The van der Waals surface area contributed by atoms with Crippen molar-refractivity contribution in [3.8, 4) is 11.5 Å². The molecule has 1 N–H and O–H groups in total. The summed E-state index contributed by atoms with van der Waals surface area (Å²) in [5.41, 5.74) is -0.142. The van der Waals surface area contributed by atoms with Gasteiger partial charge in [0.1, 0.15) is 11.6 Å². The molecule has 0 fully saturated rings. The fourth-order valence-electron chi connectivity index (χ4n) is 1.89. The van der Waals surface area contributed by atoms with Crippen LogP contribution in [0.25, 0.3) is 0 Å². The summed E-state index contributed by atoms with van der Waals surface area (Å²) in [6.45, 7) is -6.78. The van der Waals surface area contributed by atoms with Crippen LogP contribution < -0.4 is 14.8 Å². The molecule has 0 aliphatic carbocycles. The Labute approximate surface area is 132 Å². The highest BCUT2D eigenvalue weighted by molar-refractivity contribution is 5.55. The summed E-state index contributed by atoms with van der Waals surface area (Å²) in [5, 5.41) is 2.59. The van der Waals surface area contributed by atoms with Gasteiger partial charge < -0.3 is 14.8 Å². The fourth-order valence-corrected chi connectivity index (χ4v) is 1.89. The van der Waals surface area contributed by atoms with Gasteiger partial charge in [-0.25, -0.2) is 8.78 Å². The quantitative estimate of drug-likeness (QED) is 0.729. The lowest BCUT2D eigenvalue weighted by atomic mass is 10.2. The molecule has 0 aromatic heterocycles. The van der Waals surface area contributed by atoms with Crippen molar-refractivity contribution in [2.24, 2.45) is 0 Å². The molecule has 0 amide bonds. The van der Waals surface area contributed by atoms with Crippen LogP contribution in [0.3, 0.4) is 0 Å². The van der Waals surface area contributed by atoms with Crippen molar-refractivity contribution in [2.75, 3.05) is 5.32 Å². The maximum Gasteiger partial charge on any atom is 0.387 e. The number of rotatable bonds is 7. The first-order chi connectivity index (χ1) is 11.4. The first-order valence-corrected chi connectivity index (χ1v) is 6.57. The Balaban J connectivity index is 2.18. The zero-order chi connectivity index (χ0) is 17.7. The van der Waals surface area contributed by atoms with Gasteiger partial charge in [-0.1, -0.05) is 6.07 Å². The zero-order valence-electron chi connectivity index (χ0n) is 11.9. The maximum atomic E-state index is 13.5. The van der Waals surface area contributed by atoms with Gasteiger partial charge >= 0.3 is 13.2 Å². The molecule has 0 unspecified atom stereocenters. The van der Waals surface area contributed by atoms with E-state index in [-0.39, 0.29) is 17.8 Å². The third-order valence-corrected chi connectivity index (χ3v) is 2.91. The van der Waals surface area contributed by atoms with Gasteiger partial charge in [-0.2, -0.15) is 17.6 Å². The van der Waals surface area contributed by atoms with Crippen LogP contribution in [0.4, 0.5) is 32.0 Å². The second kappa shape index (κ2) is 7.80. The smallest absolute Gasteiger partial charge is 0.387 e. The second-order valence-electron chi connectivity index (χ2n) is 4.47. The molecular weight excluding hydrogens is 340 g/mol. The van der Waals surface area contributed by atoms with Crippen molar-refractivity contribution in [3.63, 3.8) is 0 Å². The minimum absolute atomic E-state index is 0.120. The highest BCUT2D eigenvalue weighted by atomic mass is 19.3. The van der Waals surface area contributed by atoms with E-state index in [1.807, 2.05) is 0 Å². The normalized spacial score (nSPS) is 11.0. The lowest BCUT2D eigenvalue weighted by molar-refractivity contribution is -0.0691. The number of halogens is 6. The number of hydrogen-bond donors (Lipinski definition) is 1. The van der Waals surface area contributed by atoms with Gasteiger partial charge in [0, 0.05) is 23.9 Å². The first-order valence-electron chi connectivity index (χ1n) is 6.57. The number of benzene rings is 2. The summed E-state index contributed by atoms with van der Waals surface area (Å²) >= 11 is 0. The molecule has 3 nitrogen and oxygen atoms in total. The molecule has 2 aromatic rings. The van der Waals surface area contributed by atoms with E-state index in [1.54, 1.807) is 0 Å². The SMILES string of the molecule is Fc1cccc(F)c1CNc1ccc(OC(F)F)c(OC(F)F)c1. The van der Waals surface area contributed by atoms with Crippen LogP contribution in [0.2, 0.25) is 0 Å². The summed E-state index contributed by atoms with van der Waals surface area (Å²) in [6, 6.07) is 6.47. The first kappa shape index (κ1) is 17.8. The highest BCUT2D eigenvalue weighted by Gasteiger charge is 2.16. The lowest BCUT2D eigenvalue weighted by Gasteiger charge is -2.14. The lowest BCUT2D eigenvalue weighted by Crippen LogP contribution is -2.09. The van der Waals surface area contributed by atoms with Crippen molar-refractivity contribution in [2.45, 2.75) is 19.8 Å².